The quantitative estimate of drug-likeness (QED) is 0.599. The van der Waals surface area contributed by atoms with Gasteiger partial charge in [0, 0.05) is 14.8 Å². The fraction of sp³-hybridized carbons (Fsp3) is 0.0556. The van der Waals surface area contributed by atoms with Crippen molar-refractivity contribution in [2.45, 2.75) is 6.17 Å². The molecule has 1 aliphatic rings. The van der Waals surface area contributed by atoms with Gasteiger partial charge in [-0.1, -0.05) is 42.5 Å². The lowest BCUT2D eigenvalue weighted by Crippen LogP contribution is -2.38. The van der Waals surface area contributed by atoms with Crippen LogP contribution in [-0.2, 0) is 0 Å². The van der Waals surface area contributed by atoms with Gasteiger partial charge in [-0.2, -0.15) is 0 Å². The van der Waals surface area contributed by atoms with E-state index < -0.39 is 0 Å². The van der Waals surface area contributed by atoms with Crippen LogP contribution in [0.3, 0.4) is 0 Å². The molecule has 3 nitrogen and oxygen atoms in total. The maximum atomic E-state index is 12.4. The molecule has 0 aliphatic carbocycles. The standard InChI is InChI=1S/C18H13IN2O/c19-12-8-9-16-15(10-12)18(22)21-17(20-16)14-7-3-5-11-4-1-2-6-13(11)14/h1-10,17,20H,(H,21,22)/t17-/m0/s1. The van der Waals surface area contributed by atoms with Crippen LogP contribution in [0.15, 0.2) is 60.7 Å². The van der Waals surface area contributed by atoms with Crippen molar-refractivity contribution in [3.63, 3.8) is 0 Å². The number of fused-ring (bicyclic) bond motifs is 2. The molecule has 3 aromatic carbocycles. The van der Waals surface area contributed by atoms with Gasteiger partial charge in [-0.25, -0.2) is 0 Å². The Morgan fingerprint density at radius 3 is 2.64 bits per heavy atom. The number of hydrogen-bond donors (Lipinski definition) is 2. The van der Waals surface area contributed by atoms with Crippen LogP contribution in [0.25, 0.3) is 10.8 Å². The minimum absolute atomic E-state index is 0.0369. The molecule has 1 aliphatic heterocycles. The van der Waals surface area contributed by atoms with Crippen LogP contribution in [0.1, 0.15) is 22.1 Å². The third-order valence-corrected chi connectivity index (χ3v) is 4.61. The van der Waals surface area contributed by atoms with E-state index in [9.17, 15) is 4.79 Å². The second-order valence-electron chi connectivity index (χ2n) is 5.31. The van der Waals surface area contributed by atoms with Gasteiger partial charge in [0.2, 0.25) is 0 Å². The molecule has 108 valence electrons. The highest BCUT2D eigenvalue weighted by Gasteiger charge is 2.25. The van der Waals surface area contributed by atoms with E-state index in [1.807, 2.05) is 36.4 Å². The first kappa shape index (κ1) is 13.6. The Morgan fingerprint density at radius 2 is 1.73 bits per heavy atom. The molecule has 2 N–H and O–H groups in total. The first-order valence-electron chi connectivity index (χ1n) is 7.07. The molecule has 0 unspecified atom stereocenters. The normalized spacial score (nSPS) is 16.8. The van der Waals surface area contributed by atoms with E-state index in [1.165, 1.54) is 5.39 Å². The van der Waals surface area contributed by atoms with Crippen LogP contribution < -0.4 is 10.6 Å². The number of carbonyl (C=O) groups excluding carboxylic acids is 1. The van der Waals surface area contributed by atoms with Crippen molar-refractivity contribution in [1.29, 1.82) is 0 Å². The van der Waals surface area contributed by atoms with Crippen LogP contribution in [0.5, 0.6) is 0 Å². The molecule has 1 atom stereocenters. The third kappa shape index (κ3) is 2.23. The lowest BCUT2D eigenvalue weighted by Gasteiger charge is -2.29. The Labute approximate surface area is 141 Å². The zero-order valence-electron chi connectivity index (χ0n) is 11.6. The number of rotatable bonds is 1. The molecule has 0 spiro atoms. The molecule has 1 amide bonds. The number of benzene rings is 3. The van der Waals surface area contributed by atoms with Gasteiger partial charge in [-0.3, -0.25) is 4.79 Å². The highest BCUT2D eigenvalue weighted by atomic mass is 127. The largest absolute Gasteiger partial charge is 0.361 e. The molecule has 0 bridgehead atoms. The van der Waals surface area contributed by atoms with Gasteiger partial charge in [0.05, 0.1) is 5.56 Å². The molecule has 0 saturated heterocycles. The number of nitrogens with one attached hydrogen (secondary N) is 2. The second kappa shape index (κ2) is 5.28. The van der Waals surface area contributed by atoms with Gasteiger partial charge in [0.25, 0.3) is 5.91 Å². The lowest BCUT2D eigenvalue weighted by molar-refractivity contribution is 0.0936. The van der Waals surface area contributed by atoms with E-state index in [0.29, 0.717) is 5.56 Å². The minimum Gasteiger partial charge on any atom is -0.361 e. The summed E-state index contributed by atoms with van der Waals surface area (Å²) in [6, 6.07) is 20.2. The van der Waals surface area contributed by atoms with E-state index in [0.717, 1.165) is 20.2 Å². The number of amides is 1. The third-order valence-electron chi connectivity index (χ3n) is 3.94. The van der Waals surface area contributed by atoms with Gasteiger partial charge in [-0.15, -0.1) is 0 Å². The van der Waals surface area contributed by atoms with Crippen molar-refractivity contribution in [3.8, 4) is 0 Å². The molecule has 4 rings (SSSR count). The van der Waals surface area contributed by atoms with Gasteiger partial charge < -0.3 is 10.6 Å². The maximum Gasteiger partial charge on any atom is 0.255 e. The topological polar surface area (TPSA) is 41.1 Å². The Kier molecular flexibility index (Phi) is 3.26. The predicted octanol–water partition coefficient (Wildman–Crippen LogP) is 4.30. The lowest BCUT2D eigenvalue weighted by atomic mass is 10.00. The summed E-state index contributed by atoms with van der Waals surface area (Å²) in [5, 5.41) is 8.80. The highest BCUT2D eigenvalue weighted by molar-refractivity contribution is 14.1. The summed E-state index contributed by atoms with van der Waals surface area (Å²) in [5.41, 5.74) is 2.65. The molecule has 22 heavy (non-hydrogen) atoms. The van der Waals surface area contributed by atoms with Crippen LogP contribution in [0, 0.1) is 3.57 Å². The van der Waals surface area contributed by atoms with Crippen LogP contribution >= 0.6 is 22.6 Å². The number of carbonyl (C=O) groups is 1. The average Bonchev–Trinajstić information content (AvgIpc) is 2.55. The summed E-state index contributed by atoms with van der Waals surface area (Å²) < 4.78 is 1.05. The number of halogens is 1. The van der Waals surface area contributed by atoms with E-state index in [-0.39, 0.29) is 12.1 Å². The Bertz CT molecular complexity index is 886. The van der Waals surface area contributed by atoms with E-state index >= 15 is 0 Å². The summed E-state index contributed by atoms with van der Waals surface area (Å²) in [6.07, 6.45) is -0.217. The van der Waals surface area contributed by atoms with Gasteiger partial charge >= 0.3 is 0 Å². The second-order valence-corrected chi connectivity index (χ2v) is 6.55. The monoisotopic (exact) mass is 400 g/mol. The van der Waals surface area contributed by atoms with Crippen LogP contribution in [-0.4, -0.2) is 5.91 Å². The Morgan fingerprint density at radius 1 is 0.909 bits per heavy atom. The average molecular weight is 400 g/mol. The zero-order chi connectivity index (χ0) is 15.1. The first-order chi connectivity index (χ1) is 10.7. The van der Waals surface area contributed by atoms with Crippen molar-refractivity contribution >= 4 is 45.0 Å². The summed E-state index contributed by atoms with van der Waals surface area (Å²) in [6.45, 7) is 0. The van der Waals surface area contributed by atoms with Crippen LogP contribution in [0.4, 0.5) is 5.69 Å². The summed E-state index contributed by atoms with van der Waals surface area (Å²) in [5.74, 6) is -0.0369. The van der Waals surface area contributed by atoms with Gasteiger partial charge in [0.1, 0.15) is 6.17 Å². The Hall–Kier alpha value is -2.08. The first-order valence-corrected chi connectivity index (χ1v) is 8.15. The van der Waals surface area contributed by atoms with Gasteiger partial charge in [0.15, 0.2) is 0 Å². The van der Waals surface area contributed by atoms with Crippen molar-refractivity contribution in [1.82, 2.24) is 5.32 Å². The van der Waals surface area contributed by atoms with Crippen molar-refractivity contribution < 1.29 is 4.79 Å². The van der Waals surface area contributed by atoms with E-state index in [4.69, 9.17) is 0 Å². The molecule has 1 heterocycles. The van der Waals surface area contributed by atoms with Crippen molar-refractivity contribution in [2.24, 2.45) is 0 Å². The highest BCUT2D eigenvalue weighted by Crippen LogP contribution is 2.31. The fourth-order valence-electron chi connectivity index (χ4n) is 2.89. The minimum atomic E-state index is -0.217. The van der Waals surface area contributed by atoms with E-state index in [2.05, 4.69) is 57.5 Å². The maximum absolute atomic E-state index is 12.4. The fourth-order valence-corrected chi connectivity index (χ4v) is 3.38. The van der Waals surface area contributed by atoms with Crippen molar-refractivity contribution in [2.75, 3.05) is 5.32 Å². The zero-order valence-corrected chi connectivity index (χ0v) is 13.8. The molecule has 0 saturated carbocycles. The molecular formula is C18H13IN2O. The molecule has 3 aromatic rings. The predicted molar refractivity (Wildman–Crippen MR) is 96.9 cm³/mol. The summed E-state index contributed by atoms with van der Waals surface area (Å²) in [4.78, 5) is 12.4. The number of hydrogen-bond acceptors (Lipinski definition) is 2. The molecule has 0 fully saturated rings. The van der Waals surface area contributed by atoms with Crippen LogP contribution in [0.2, 0.25) is 0 Å². The summed E-state index contributed by atoms with van der Waals surface area (Å²) >= 11 is 2.22. The Balaban J connectivity index is 1.81. The molecule has 0 radical (unpaired) electrons. The molecule has 0 aromatic heterocycles. The van der Waals surface area contributed by atoms with Gasteiger partial charge in [-0.05, 0) is 51.6 Å². The molecular weight excluding hydrogens is 387 g/mol. The number of anilines is 1. The van der Waals surface area contributed by atoms with E-state index in [1.54, 1.807) is 0 Å². The summed E-state index contributed by atoms with van der Waals surface area (Å²) in [7, 11) is 0. The molecule has 4 heteroatoms. The smallest absolute Gasteiger partial charge is 0.255 e. The SMILES string of the molecule is O=C1N[C@@H](c2cccc3ccccc23)Nc2ccc(I)cc21. The van der Waals surface area contributed by atoms with Crippen molar-refractivity contribution in [3.05, 3.63) is 75.4 Å².